The molecule has 5 heteroatoms. The van der Waals surface area contributed by atoms with Crippen LogP contribution in [0.4, 0.5) is 4.79 Å². The normalized spacial score (nSPS) is 20.6. The molecule has 1 fully saturated rings. The number of ether oxygens (including phenoxy) is 1. The van der Waals surface area contributed by atoms with Gasteiger partial charge in [-0.25, -0.2) is 4.79 Å². The van der Waals surface area contributed by atoms with Gasteiger partial charge in [-0.05, 0) is 58.0 Å². The van der Waals surface area contributed by atoms with Gasteiger partial charge in [0.25, 0.3) is 0 Å². The molecule has 0 aromatic carbocycles. The molecule has 0 spiro atoms. The molecular weight excluding hydrogens is 284 g/mol. The number of hydrogen-bond donors (Lipinski definition) is 1. The van der Waals surface area contributed by atoms with Gasteiger partial charge in [0.15, 0.2) is 0 Å². The van der Waals surface area contributed by atoms with Crippen molar-refractivity contribution in [2.24, 2.45) is 0 Å². The number of nitrogens with zero attached hydrogens (tertiary/aromatic N) is 1. The SMILES string of the molecule is Cc1ccsc1C(C)NC1CCN(C(=O)OC(C)(C)C)C1. The second-order valence-electron chi connectivity index (χ2n) is 6.77. The zero-order valence-corrected chi connectivity index (χ0v) is 14.4. The third-order valence-electron chi connectivity index (χ3n) is 3.62. The second kappa shape index (κ2) is 6.36. The summed E-state index contributed by atoms with van der Waals surface area (Å²) in [7, 11) is 0. The summed E-state index contributed by atoms with van der Waals surface area (Å²) in [6, 6.07) is 2.82. The van der Waals surface area contributed by atoms with Crippen LogP contribution in [-0.2, 0) is 4.74 Å². The van der Waals surface area contributed by atoms with Gasteiger partial charge in [-0.15, -0.1) is 11.3 Å². The summed E-state index contributed by atoms with van der Waals surface area (Å²) < 4.78 is 5.43. The zero-order valence-electron chi connectivity index (χ0n) is 13.6. The smallest absolute Gasteiger partial charge is 0.410 e. The summed E-state index contributed by atoms with van der Waals surface area (Å²) in [5.74, 6) is 0. The number of aryl methyl sites for hydroxylation is 1. The van der Waals surface area contributed by atoms with Gasteiger partial charge in [0.2, 0.25) is 0 Å². The maximum Gasteiger partial charge on any atom is 0.410 e. The van der Waals surface area contributed by atoms with Crippen molar-refractivity contribution in [1.29, 1.82) is 0 Å². The molecule has 2 atom stereocenters. The van der Waals surface area contributed by atoms with Crippen molar-refractivity contribution in [2.45, 2.75) is 58.7 Å². The lowest BCUT2D eigenvalue weighted by atomic mass is 10.1. The molecule has 1 saturated heterocycles. The van der Waals surface area contributed by atoms with E-state index in [9.17, 15) is 4.79 Å². The molecule has 2 rings (SSSR count). The van der Waals surface area contributed by atoms with Gasteiger partial charge in [-0.2, -0.15) is 0 Å². The summed E-state index contributed by atoms with van der Waals surface area (Å²) in [5.41, 5.74) is 0.909. The lowest BCUT2D eigenvalue weighted by Gasteiger charge is -2.25. The van der Waals surface area contributed by atoms with E-state index in [1.165, 1.54) is 10.4 Å². The molecule has 1 aliphatic heterocycles. The van der Waals surface area contributed by atoms with Crippen LogP contribution in [0.15, 0.2) is 11.4 Å². The minimum absolute atomic E-state index is 0.202. The van der Waals surface area contributed by atoms with E-state index in [-0.39, 0.29) is 6.09 Å². The average Bonchev–Trinajstić information content (AvgIpc) is 2.95. The minimum atomic E-state index is -0.427. The number of thiophene rings is 1. The highest BCUT2D eigenvalue weighted by molar-refractivity contribution is 7.10. The van der Waals surface area contributed by atoms with Crippen LogP contribution in [0.1, 0.15) is 50.6 Å². The van der Waals surface area contributed by atoms with E-state index in [1.807, 2.05) is 20.8 Å². The molecule has 1 aromatic rings. The zero-order chi connectivity index (χ0) is 15.6. The molecule has 21 heavy (non-hydrogen) atoms. The first-order valence-corrected chi connectivity index (χ1v) is 8.42. The predicted molar refractivity (Wildman–Crippen MR) is 86.8 cm³/mol. The minimum Gasteiger partial charge on any atom is -0.444 e. The monoisotopic (exact) mass is 310 g/mol. The Morgan fingerprint density at radius 2 is 2.24 bits per heavy atom. The van der Waals surface area contributed by atoms with Crippen molar-refractivity contribution >= 4 is 17.4 Å². The number of likely N-dealkylation sites (tertiary alicyclic amines) is 1. The molecule has 0 bridgehead atoms. The Bertz CT molecular complexity index is 493. The fraction of sp³-hybridized carbons (Fsp3) is 0.688. The van der Waals surface area contributed by atoms with E-state index in [2.05, 4.69) is 30.6 Å². The molecule has 2 unspecified atom stereocenters. The maximum absolute atomic E-state index is 12.1. The van der Waals surface area contributed by atoms with Crippen LogP contribution >= 0.6 is 11.3 Å². The van der Waals surface area contributed by atoms with Crippen molar-refractivity contribution < 1.29 is 9.53 Å². The molecule has 1 N–H and O–H groups in total. The Hall–Kier alpha value is -1.07. The quantitative estimate of drug-likeness (QED) is 0.925. The van der Waals surface area contributed by atoms with E-state index < -0.39 is 5.60 Å². The van der Waals surface area contributed by atoms with E-state index in [0.29, 0.717) is 12.1 Å². The number of carbonyl (C=O) groups is 1. The topological polar surface area (TPSA) is 41.6 Å². The van der Waals surface area contributed by atoms with Gasteiger partial charge in [-0.1, -0.05) is 0 Å². The Labute approximate surface area is 131 Å². The summed E-state index contributed by atoms with van der Waals surface area (Å²) in [5, 5.41) is 5.76. The number of nitrogens with one attached hydrogen (secondary N) is 1. The summed E-state index contributed by atoms with van der Waals surface area (Å²) in [4.78, 5) is 15.2. The number of carbonyl (C=O) groups excluding carboxylic acids is 1. The summed E-state index contributed by atoms with van der Waals surface area (Å²) >= 11 is 1.79. The first kappa shape index (κ1) is 16.3. The van der Waals surface area contributed by atoms with Crippen molar-refractivity contribution in [1.82, 2.24) is 10.2 Å². The van der Waals surface area contributed by atoms with Crippen LogP contribution in [0.25, 0.3) is 0 Å². The lowest BCUT2D eigenvalue weighted by Crippen LogP contribution is -2.38. The lowest BCUT2D eigenvalue weighted by molar-refractivity contribution is 0.0290. The largest absolute Gasteiger partial charge is 0.444 e. The Morgan fingerprint density at radius 1 is 1.52 bits per heavy atom. The number of amides is 1. The van der Waals surface area contributed by atoms with Crippen molar-refractivity contribution in [2.75, 3.05) is 13.1 Å². The van der Waals surface area contributed by atoms with Crippen molar-refractivity contribution in [3.8, 4) is 0 Å². The first-order chi connectivity index (χ1) is 9.76. The summed E-state index contributed by atoms with van der Waals surface area (Å²) in [6.45, 7) is 11.5. The highest BCUT2D eigenvalue weighted by atomic mass is 32.1. The number of rotatable bonds is 3. The average molecular weight is 310 g/mol. The van der Waals surface area contributed by atoms with E-state index >= 15 is 0 Å². The van der Waals surface area contributed by atoms with Crippen LogP contribution in [0.5, 0.6) is 0 Å². The van der Waals surface area contributed by atoms with E-state index in [4.69, 9.17) is 4.74 Å². The van der Waals surface area contributed by atoms with Crippen LogP contribution in [-0.4, -0.2) is 35.7 Å². The van der Waals surface area contributed by atoms with Gasteiger partial charge in [0, 0.05) is 30.1 Å². The molecule has 1 amide bonds. The summed E-state index contributed by atoms with van der Waals surface area (Å²) in [6.07, 6.45) is 0.778. The van der Waals surface area contributed by atoms with Crippen LogP contribution in [0.3, 0.4) is 0 Å². The maximum atomic E-state index is 12.1. The van der Waals surface area contributed by atoms with Gasteiger partial charge < -0.3 is 15.0 Å². The standard InChI is InChI=1S/C16H26N2O2S/c1-11-7-9-21-14(11)12(2)17-13-6-8-18(10-13)15(19)20-16(3,4)5/h7,9,12-13,17H,6,8,10H2,1-5H3. The third-order valence-corrected chi connectivity index (χ3v) is 4.82. The third kappa shape index (κ3) is 4.45. The van der Waals surface area contributed by atoms with Crippen molar-refractivity contribution in [3.63, 3.8) is 0 Å². The molecule has 2 heterocycles. The predicted octanol–water partition coefficient (Wildman–Crippen LogP) is 3.72. The fourth-order valence-corrected chi connectivity index (χ4v) is 3.59. The van der Waals surface area contributed by atoms with Crippen LogP contribution < -0.4 is 5.32 Å². The van der Waals surface area contributed by atoms with E-state index in [0.717, 1.165) is 19.5 Å². The first-order valence-electron chi connectivity index (χ1n) is 7.54. The Balaban J connectivity index is 1.85. The van der Waals surface area contributed by atoms with Gasteiger partial charge in [0.1, 0.15) is 5.60 Å². The fourth-order valence-electron chi connectivity index (χ4n) is 2.65. The Morgan fingerprint density at radius 3 is 2.81 bits per heavy atom. The molecule has 0 saturated carbocycles. The molecule has 118 valence electrons. The Kier molecular flexibility index (Phi) is 4.94. The van der Waals surface area contributed by atoms with Crippen LogP contribution in [0.2, 0.25) is 0 Å². The number of hydrogen-bond acceptors (Lipinski definition) is 4. The molecule has 0 aliphatic carbocycles. The highest BCUT2D eigenvalue weighted by Crippen LogP contribution is 2.25. The highest BCUT2D eigenvalue weighted by Gasteiger charge is 2.30. The van der Waals surface area contributed by atoms with Gasteiger partial charge >= 0.3 is 6.09 Å². The molecule has 1 aliphatic rings. The van der Waals surface area contributed by atoms with Gasteiger partial charge in [0.05, 0.1) is 0 Å². The van der Waals surface area contributed by atoms with Crippen LogP contribution in [0, 0.1) is 6.92 Å². The molecule has 4 nitrogen and oxygen atoms in total. The molecule has 1 aromatic heterocycles. The molecule has 0 radical (unpaired) electrons. The van der Waals surface area contributed by atoms with Gasteiger partial charge in [-0.3, -0.25) is 0 Å². The molecular formula is C16H26N2O2S. The second-order valence-corrected chi connectivity index (χ2v) is 7.72. The van der Waals surface area contributed by atoms with E-state index in [1.54, 1.807) is 16.2 Å². The van der Waals surface area contributed by atoms with Crippen molar-refractivity contribution in [3.05, 3.63) is 21.9 Å².